The van der Waals surface area contributed by atoms with Crippen LogP contribution in [0.2, 0.25) is 0 Å². The Bertz CT molecular complexity index is 477. The van der Waals surface area contributed by atoms with Crippen LogP contribution in [0, 0.1) is 0 Å². The van der Waals surface area contributed by atoms with Crippen LogP contribution < -0.4 is 16.6 Å². The Balaban J connectivity index is 2.60. The zero-order valence-electron chi connectivity index (χ0n) is 9.96. The molecular weight excluding hydrogens is 254 g/mol. The van der Waals surface area contributed by atoms with E-state index in [1.807, 2.05) is 0 Å². The summed E-state index contributed by atoms with van der Waals surface area (Å²) in [5.74, 6) is -2.12. The van der Waals surface area contributed by atoms with Crippen LogP contribution in [0.1, 0.15) is 12.8 Å². The summed E-state index contributed by atoms with van der Waals surface area (Å²) in [4.78, 5) is 21.5. The summed E-state index contributed by atoms with van der Waals surface area (Å²) < 4.78 is 0. The summed E-state index contributed by atoms with van der Waals surface area (Å²) in [5.41, 5.74) is 10.1. The zero-order chi connectivity index (χ0) is 14.4. The van der Waals surface area contributed by atoms with Gasteiger partial charge in [-0.2, -0.15) is 0 Å². The topological polar surface area (TPSA) is 145 Å². The Morgan fingerprint density at radius 3 is 2.53 bits per heavy atom. The summed E-state index contributed by atoms with van der Waals surface area (Å²) in [5, 5.41) is 27.5. The molecule has 0 fully saturated rings. The Labute approximate surface area is 108 Å². The first-order valence-electron chi connectivity index (χ1n) is 5.44. The third-order valence-corrected chi connectivity index (χ3v) is 2.34. The highest BCUT2D eigenvalue weighted by atomic mass is 16.4. The van der Waals surface area contributed by atoms with Gasteiger partial charge in [0.25, 0.3) is 0 Å². The van der Waals surface area contributed by atoms with Gasteiger partial charge in [-0.3, -0.25) is 9.59 Å². The average molecular weight is 269 g/mol. The number of phenolic OH excluding ortho intramolecular Hbond substituents is 2. The molecule has 7 N–H and O–H groups in total. The molecule has 0 aromatic heterocycles. The molecule has 0 heterocycles. The summed E-state index contributed by atoms with van der Waals surface area (Å²) in [7, 11) is 0. The van der Waals surface area contributed by atoms with Gasteiger partial charge in [-0.1, -0.05) is 0 Å². The van der Waals surface area contributed by atoms with E-state index in [-0.39, 0.29) is 30.0 Å². The van der Waals surface area contributed by atoms with E-state index in [4.69, 9.17) is 15.9 Å². The maximum atomic E-state index is 10.9. The number of nitrogens with one attached hydrogen (secondary N) is 2. The molecule has 0 spiro atoms. The number of rotatable bonds is 7. The van der Waals surface area contributed by atoms with Crippen molar-refractivity contribution in [3.63, 3.8) is 0 Å². The molecule has 0 unspecified atom stereocenters. The molecule has 0 aliphatic carbocycles. The van der Waals surface area contributed by atoms with Gasteiger partial charge >= 0.3 is 5.97 Å². The molecule has 0 bridgehead atoms. The van der Waals surface area contributed by atoms with Gasteiger partial charge in [0.1, 0.15) is 17.5 Å². The Morgan fingerprint density at radius 2 is 2.00 bits per heavy atom. The largest absolute Gasteiger partial charge is 0.508 e. The smallest absolute Gasteiger partial charge is 0.322 e. The zero-order valence-corrected chi connectivity index (χ0v) is 9.96. The van der Waals surface area contributed by atoms with Gasteiger partial charge in [0.15, 0.2) is 0 Å². The second-order valence-electron chi connectivity index (χ2n) is 3.87. The maximum absolute atomic E-state index is 10.9. The number of amides is 1. The number of nitrogens with two attached hydrogens (primary N) is 1. The lowest BCUT2D eigenvalue weighted by molar-refractivity contribution is -0.139. The fourth-order valence-electron chi connectivity index (χ4n) is 1.33. The molecule has 1 aromatic rings. The van der Waals surface area contributed by atoms with Crippen LogP contribution >= 0.6 is 0 Å². The van der Waals surface area contributed by atoms with Crippen LogP contribution in [0.4, 0.5) is 5.69 Å². The normalized spacial score (nSPS) is 11.8. The van der Waals surface area contributed by atoms with Crippen molar-refractivity contribution in [3.05, 3.63) is 18.2 Å². The molecule has 8 nitrogen and oxygen atoms in total. The van der Waals surface area contributed by atoms with Crippen molar-refractivity contribution in [1.29, 1.82) is 0 Å². The van der Waals surface area contributed by atoms with E-state index >= 15 is 0 Å². The minimum atomic E-state index is -1.16. The number of hydrazine groups is 1. The molecule has 1 rings (SSSR count). The van der Waals surface area contributed by atoms with Crippen LogP contribution in [-0.2, 0) is 9.59 Å². The molecule has 1 aromatic carbocycles. The number of carbonyl (C=O) groups is 2. The molecule has 1 atom stereocenters. The number of aromatic hydroxyl groups is 2. The second kappa shape index (κ2) is 6.45. The first-order chi connectivity index (χ1) is 8.90. The highest BCUT2D eigenvalue weighted by Crippen LogP contribution is 2.26. The molecule has 0 aliphatic rings. The van der Waals surface area contributed by atoms with Crippen molar-refractivity contribution in [2.45, 2.75) is 18.9 Å². The van der Waals surface area contributed by atoms with E-state index < -0.39 is 17.9 Å². The van der Waals surface area contributed by atoms with Crippen LogP contribution in [0.15, 0.2) is 18.2 Å². The minimum Gasteiger partial charge on any atom is -0.508 e. The van der Waals surface area contributed by atoms with Crippen LogP contribution in [0.5, 0.6) is 11.5 Å². The lowest BCUT2D eigenvalue weighted by Crippen LogP contribution is -2.41. The molecule has 0 saturated heterocycles. The number of carboxylic acid groups (broad SMARTS) is 1. The van der Waals surface area contributed by atoms with Crippen molar-refractivity contribution in [2.24, 2.45) is 5.73 Å². The van der Waals surface area contributed by atoms with Gasteiger partial charge in [0.05, 0.1) is 5.69 Å². The molecule has 8 heteroatoms. The predicted molar refractivity (Wildman–Crippen MR) is 66.4 cm³/mol. The number of aliphatic carboxylic acids is 1. The van der Waals surface area contributed by atoms with E-state index in [0.717, 1.165) is 6.07 Å². The van der Waals surface area contributed by atoms with Gasteiger partial charge < -0.3 is 26.5 Å². The quantitative estimate of drug-likeness (QED) is 0.227. The number of anilines is 1. The number of hydrogen-bond acceptors (Lipinski definition) is 6. The summed E-state index contributed by atoms with van der Waals surface area (Å²) in [6.45, 7) is 0. The monoisotopic (exact) mass is 269 g/mol. The standard InChI is InChI=1S/C11H15N3O5/c12-10(17)4-3-8(11(18)19)14-13-7-2-1-6(15)5-9(7)16/h1-2,5,8,13-16H,3-4H2,(H2,12,17)(H,18,19)/t8-/m0/s1. The van der Waals surface area contributed by atoms with E-state index in [0.29, 0.717) is 0 Å². The third-order valence-electron chi connectivity index (χ3n) is 2.34. The highest BCUT2D eigenvalue weighted by Gasteiger charge is 2.18. The lowest BCUT2D eigenvalue weighted by atomic mass is 10.1. The maximum Gasteiger partial charge on any atom is 0.322 e. The Hall–Kier alpha value is -2.48. The molecular formula is C11H15N3O5. The van der Waals surface area contributed by atoms with Crippen molar-refractivity contribution < 1.29 is 24.9 Å². The molecule has 0 aliphatic heterocycles. The first-order valence-corrected chi connectivity index (χ1v) is 5.44. The lowest BCUT2D eigenvalue weighted by Gasteiger charge is -2.16. The minimum absolute atomic E-state index is 0.0104. The van der Waals surface area contributed by atoms with Crippen LogP contribution in [0.3, 0.4) is 0 Å². The molecule has 19 heavy (non-hydrogen) atoms. The fraction of sp³-hybridized carbons (Fsp3) is 0.273. The Kier molecular flexibility index (Phi) is 4.95. The summed E-state index contributed by atoms with van der Waals surface area (Å²) in [6, 6.07) is 2.75. The number of carboxylic acids is 1. The van der Waals surface area contributed by atoms with E-state index in [9.17, 15) is 14.7 Å². The van der Waals surface area contributed by atoms with Crippen molar-refractivity contribution in [1.82, 2.24) is 5.43 Å². The van der Waals surface area contributed by atoms with E-state index in [1.54, 1.807) is 0 Å². The van der Waals surface area contributed by atoms with Gasteiger partial charge in [-0.25, -0.2) is 5.43 Å². The summed E-state index contributed by atoms with van der Waals surface area (Å²) in [6.07, 6.45) is -0.0658. The number of hydrogen-bond donors (Lipinski definition) is 6. The number of benzene rings is 1. The highest BCUT2D eigenvalue weighted by molar-refractivity contribution is 5.77. The van der Waals surface area contributed by atoms with Gasteiger partial charge in [0.2, 0.25) is 5.91 Å². The average Bonchev–Trinajstić information content (AvgIpc) is 2.30. The van der Waals surface area contributed by atoms with Crippen molar-refractivity contribution in [3.8, 4) is 11.5 Å². The number of carbonyl (C=O) groups excluding carboxylic acids is 1. The van der Waals surface area contributed by atoms with Gasteiger partial charge in [-0.15, -0.1) is 0 Å². The molecule has 0 radical (unpaired) electrons. The Morgan fingerprint density at radius 1 is 1.32 bits per heavy atom. The van der Waals surface area contributed by atoms with Crippen LogP contribution in [-0.4, -0.2) is 33.2 Å². The van der Waals surface area contributed by atoms with Crippen molar-refractivity contribution >= 4 is 17.6 Å². The molecule has 1 amide bonds. The predicted octanol–water partition coefficient (Wildman–Crippen LogP) is -0.267. The second-order valence-corrected chi connectivity index (χ2v) is 3.87. The van der Waals surface area contributed by atoms with E-state index in [1.165, 1.54) is 12.1 Å². The first kappa shape index (κ1) is 14.6. The van der Waals surface area contributed by atoms with Gasteiger partial charge in [0, 0.05) is 12.5 Å². The van der Waals surface area contributed by atoms with E-state index in [2.05, 4.69) is 10.9 Å². The summed E-state index contributed by atoms with van der Waals surface area (Å²) >= 11 is 0. The molecule has 104 valence electrons. The third kappa shape index (κ3) is 4.72. The number of primary amides is 1. The van der Waals surface area contributed by atoms with Gasteiger partial charge in [-0.05, 0) is 18.6 Å². The number of phenols is 2. The van der Waals surface area contributed by atoms with Crippen LogP contribution in [0.25, 0.3) is 0 Å². The fourth-order valence-corrected chi connectivity index (χ4v) is 1.33. The van der Waals surface area contributed by atoms with Crippen molar-refractivity contribution in [2.75, 3.05) is 5.43 Å². The SMILES string of the molecule is NC(=O)CC[C@H](NNc1ccc(O)cc1O)C(=O)O. The molecule has 0 saturated carbocycles.